The van der Waals surface area contributed by atoms with E-state index in [2.05, 4.69) is 10.3 Å². The molecular formula is C16H14FN3O. The fraction of sp³-hybridized carbons (Fsp3) is 0.125. The molecule has 0 aromatic heterocycles. The maximum atomic E-state index is 13.1. The molecule has 1 heterocycles. The average Bonchev–Trinajstić information content (AvgIpc) is 2.76. The number of halogens is 1. The Morgan fingerprint density at radius 2 is 1.76 bits per heavy atom. The van der Waals surface area contributed by atoms with Crippen LogP contribution < -0.4 is 11.1 Å². The molecule has 0 bridgehead atoms. The van der Waals surface area contributed by atoms with Gasteiger partial charge in [0.05, 0.1) is 0 Å². The Kier molecular flexibility index (Phi) is 3.17. The Labute approximate surface area is 121 Å². The molecule has 2 aromatic carbocycles. The number of hydrogen-bond acceptors (Lipinski definition) is 3. The van der Waals surface area contributed by atoms with Crippen LogP contribution in [0.3, 0.4) is 0 Å². The standard InChI is InChI=1S/C16H14FN3O/c17-13-8-6-12(7-9-13)16(14(21)19-15(18)20-16)10-11-4-2-1-3-5-11/h1-9H,10H2,(H3,18,19,20,21). The van der Waals surface area contributed by atoms with Gasteiger partial charge in [0.25, 0.3) is 5.91 Å². The van der Waals surface area contributed by atoms with Crippen LogP contribution in [0.4, 0.5) is 4.39 Å². The van der Waals surface area contributed by atoms with Gasteiger partial charge >= 0.3 is 0 Å². The highest BCUT2D eigenvalue weighted by atomic mass is 19.1. The fourth-order valence-electron chi connectivity index (χ4n) is 2.54. The third kappa shape index (κ3) is 2.38. The highest BCUT2D eigenvalue weighted by Gasteiger charge is 2.44. The topological polar surface area (TPSA) is 67.5 Å². The minimum atomic E-state index is -1.14. The third-order valence-electron chi connectivity index (χ3n) is 3.55. The van der Waals surface area contributed by atoms with Gasteiger partial charge in [-0.1, -0.05) is 42.5 Å². The summed E-state index contributed by atoms with van der Waals surface area (Å²) < 4.78 is 13.1. The Balaban J connectivity index is 2.08. The number of carbonyl (C=O) groups excluding carboxylic acids is 1. The number of nitrogens with two attached hydrogens (primary N) is 1. The van der Waals surface area contributed by atoms with Gasteiger partial charge in [0.2, 0.25) is 0 Å². The number of aliphatic imine (C=N–C) groups is 1. The van der Waals surface area contributed by atoms with Crippen LogP contribution in [-0.2, 0) is 16.8 Å². The van der Waals surface area contributed by atoms with Gasteiger partial charge in [0, 0.05) is 6.42 Å². The van der Waals surface area contributed by atoms with Crippen molar-refractivity contribution in [2.24, 2.45) is 10.7 Å². The van der Waals surface area contributed by atoms with Crippen molar-refractivity contribution in [2.75, 3.05) is 0 Å². The summed E-state index contributed by atoms with van der Waals surface area (Å²) in [7, 11) is 0. The summed E-state index contributed by atoms with van der Waals surface area (Å²) in [5, 5.41) is 2.54. The molecule has 1 atom stereocenters. The largest absolute Gasteiger partial charge is 0.370 e. The molecule has 0 saturated carbocycles. The van der Waals surface area contributed by atoms with Crippen molar-refractivity contribution in [2.45, 2.75) is 12.0 Å². The summed E-state index contributed by atoms with van der Waals surface area (Å²) in [6.45, 7) is 0. The zero-order valence-electron chi connectivity index (χ0n) is 11.2. The van der Waals surface area contributed by atoms with E-state index in [9.17, 15) is 9.18 Å². The molecule has 1 aliphatic heterocycles. The van der Waals surface area contributed by atoms with Gasteiger partial charge in [-0.05, 0) is 23.3 Å². The first-order chi connectivity index (χ1) is 10.1. The van der Waals surface area contributed by atoms with Crippen LogP contribution in [0.25, 0.3) is 0 Å². The van der Waals surface area contributed by atoms with Crippen LogP contribution in [0.1, 0.15) is 11.1 Å². The Morgan fingerprint density at radius 1 is 1.10 bits per heavy atom. The van der Waals surface area contributed by atoms with Gasteiger partial charge in [-0.2, -0.15) is 0 Å². The van der Waals surface area contributed by atoms with Crippen molar-refractivity contribution >= 4 is 11.9 Å². The number of rotatable bonds is 3. The lowest BCUT2D eigenvalue weighted by Gasteiger charge is -2.24. The first-order valence-electron chi connectivity index (χ1n) is 6.57. The molecule has 4 nitrogen and oxygen atoms in total. The summed E-state index contributed by atoms with van der Waals surface area (Å²) in [4.78, 5) is 16.7. The van der Waals surface area contributed by atoms with E-state index in [4.69, 9.17) is 5.73 Å². The van der Waals surface area contributed by atoms with Crippen molar-refractivity contribution in [1.29, 1.82) is 0 Å². The number of benzene rings is 2. The second-order valence-electron chi connectivity index (χ2n) is 4.98. The van der Waals surface area contributed by atoms with Crippen LogP contribution >= 0.6 is 0 Å². The maximum Gasteiger partial charge on any atom is 0.259 e. The van der Waals surface area contributed by atoms with Crippen molar-refractivity contribution in [1.82, 2.24) is 5.32 Å². The van der Waals surface area contributed by atoms with Gasteiger partial charge in [0.1, 0.15) is 5.82 Å². The minimum Gasteiger partial charge on any atom is -0.370 e. The highest BCUT2D eigenvalue weighted by molar-refractivity contribution is 6.07. The maximum absolute atomic E-state index is 13.1. The van der Waals surface area contributed by atoms with Crippen LogP contribution in [-0.4, -0.2) is 11.9 Å². The van der Waals surface area contributed by atoms with Crippen LogP contribution in [0.5, 0.6) is 0 Å². The molecule has 3 rings (SSSR count). The number of nitrogens with one attached hydrogen (secondary N) is 1. The molecule has 0 aliphatic carbocycles. The molecule has 0 radical (unpaired) electrons. The van der Waals surface area contributed by atoms with Crippen LogP contribution in [0, 0.1) is 5.82 Å². The lowest BCUT2D eigenvalue weighted by molar-refractivity contribution is -0.124. The molecule has 0 spiro atoms. The summed E-state index contributed by atoms with van der Waals surface area (Å²) in [6, 6.07) is 15.3. The normalized spacial score (nSPS) is 21.0. The second kappa shape index (κ2) is 5.01. The molecular weight excluding hydrogens is 269 g/mol. The van der Waals surface area contributed by atoms with Crippen molar-refractivity contribution in [3.63, 3.8) is 0 Å². The lowest BCUT2D eigenvalue weighted by Crippen LogP contribution is -2.40. The zero-order chi connectivity index (χ0) is 14.9. The van der Waals surface area contributed by atoms with Gasteiger partial charge in [-0.15, -0.1) is 0 Å². The molecule has 1 amide bonds. The second-order valence-corrected chi connectivity index (χ2v) is 4.98. The van der Waals surface area contributed by atoms with Crippen LogP contribution in [0.2, 0.25) is 0 Å². The van der Waals surface area contributed by atoms with Gasteiger partial charge in [-0.25, -0.2) is 9.38 Å². The molecule has 106 valence electrons. The molecule has 0 fully saturated rings. The average molecular weight is 283 g/mol. The van der Waals surface area contributed by atoms with Gasteiger partial charge < -0.3 is 5.73 Å². The number of nitrogens with zero attached hydrogens (tertiary/aromatic N) is 1. The summed E-state index contributed by atoms with van der Waals surface area (Å²) in [5.74, 6) is -0.570. The molecule has 0 saturated heterocycles. The van der Waals surface area contributed by atoms with E-state index in [1.807, 2.05) is 30.3 Å². The quantitative estimate of drug-likeness (QED) is 0.900. The summed E-state index contributed by atoms with van der Waals surface area (Å²) in [5.41, 5.74) is 6.10. The van der Waals surface area contributed by atoms with Crippen molar-refractivity contribution in [3.8, 4) is 0 Å². The minimum absolute atomic E-state index is 0.0836. The SMILES string of the molecule is NC1=NC(Cc2ccccc2)(c2ccc(F)cc2)C(=O)N1. The van der Waals surface area contributed by atoms with E-state index in [-0.39, 0.29) is 17.7 Å². The Bertz CT molecular complexity index is 697. The molecule has 3 N–H and O–H groups in total. The van der Waals surface area contributed by atoms with Crippen molar-refractivity contribution < 1.29 is 9.18 Å². The van der Waals surface area contributed by atoms with E-state index in [1.165, 1.54) is 12.1 Å². The van der Waals surface area contributed by atoms with E-state index >= 15 is 0 Å². The van der Waals surface area contributed by atoms with Gasteiger partial charge in [-0.3, -0.25) is 10.1 Å². The van der Waals surface area contributed by atoms with E-state index in [0.29, 0.717) is 12.0 Å². The molecule has 1 unspecified atom stereocenters. The van der Waals surface area contributed by atoms with Gasteiger partial charge in [0.15, 0.2) is 11.5 Å². The predicted molar refractivity (Wildman–Crippen MR) is 78.0 cm³/mol. The third-order valence-corrected chi connectivity index (χ3v) is 3.55. The summed E-state index contributed by atoms with van der Waals surface area (Å²) in [6.07, 6.45) is 0.367. The number of amides is 1. The predicted octanol–water partition coefficient (Wildman–Crippen LogP) is 1.71. The molecule has 1 aliphatic rings. The number of guanidine groups is 1. The highest BCUT2D eigenvalue weighted by Crippen LogP contribution is 2.33. The Hall–Kier alpha value is -2.69. The molecule has 2 aromatic rings. The number of carbonyl (C=O) groups is 1. The van der Waals surface area contributed by atoms with E-state index in [0.717, 1.165) is 5.56 Å². The van der Waals surface area contributed by atoms with Crippen molar-refractivity contribution in [3.05, 3.63) is 71.5 Å². The first-order valence-corrected chi connectivity index (χ1v) is 6.57. The number of hydrogen-bond donors (Lipinski definition) is 2. The lowest BCUT2D eigenvalue weighted by atomic mass is 9.84. The zero-order valence-corrected chi connectivity index (χ0v) is 11.2. The monoisotopic (exact) mass is 283 g/mol. The van der Waals surface area contributed by atoms with E-state index < -0.39 is 5.54 Å². The summed E-state index contributed by atoms with van der Waals surface area (Å²) >= 11 is 0. The molecule has 5 heteroatoms. The first kappa shape index (κ1) is 13.3. The molecule has 21 heavy (non-hydrogen) atoms. The fourth-order valence-corrected chi connectivity index (χ4v) is 2.54. The Morgan fingerprint density at radius 3 is 2.33 bits per heavy atom. The smallest absolute Gasteiger partial charge is 0.259 e. The van der Waals surface area contributed by atoms with E-state index in [1.54, 1.807) is 12.1 Å². The van der Waals surface area contributed by atoms with Crippen LogP contribution in [0.15, 0.2) is 59.6 Å².